The molecule has 3 nitrogen and oxygen atoms in total. The predicted molar refractivity (Wildman–Crippen MR) is 78.6 cm³/mol. The number of hydrogen-bond acceptors (Lipinski definition) is 2. The van der Waals surface area contributed by atoms with E-state index in [2.05, 4.69) is 26.1 Å². The number of rotatable bonds is 2. The number of nitrogens with one attached hydrogen (secondary N) is 1. The quantitative estimate of drug-likeness (QED) is 0.807. The molecule has 6 unspecified atom stereocenters. The summed E-state index contributed by atoms with van der Waals surface area (Å²) in [5.74, 6) is 2.40. The van der Waals surface area contributed by atoms with Crippen LogP contribution in [0.5, 0.6) is 0 Å². The molecule has 110 valence electrons. The van der Waals surface area contributed by atoms with Crippen molar-refractivity contribution in [1.82, 2.24) is 5.32 Å². The summed E-state index contributed by atoms with van der Waals surface area (Å²) in [5, 5.41) is 3.31. The van der Waals surface area contributed by atoms with Crippen LogP contribution in [0.3, 0.4) is 0 Å². The summed E-state index contributed by atoms with van der Waals surface area (Å²) in [6, 6.07) is 0.688. The number of carbonyl (C=O) groups excluding carboxylic acids is 1. The summed E-state index contributed by atoms with van der Waals surface area (Å²) in [6.45, 7) is 6.77. The molecule has 2 rings (SSSR count). The standard InChI is InChI=1S/C16H30N2O/c1-10-4-7-15(12(3)8-10)18-16(19)13-5-6-14(17)11(2)9-13/h10-15H,4-9,17H2,1-3H3,(H,18,19). The van der Waals surface area contributed by atoms with Crippen LogP contribution in [0.25, 0.3) is 0 Å². The zero-order valence-electron chi connectivity index (χ0n) is 12.7. The summed E-state index contributed by atoms with van der Waals surface area (Å²) in [4.78, 5) is 12.4. The van der Waals surface area contributed by atoms with E-state index >= 15 is 0 Å². The topological polar surface area (TPSA) is 55.1 Å². The molecule has 0 spiro atoms. The fourth-order valence-corrected chi connectivity index (χ4v) is 3.84. The van der Waals surface area contributed by atoms with Crippen molar-refractivity contribution in [2.24, 2.45) is 29.4 Å². The smallest absolute Gasteiger partial charge is 0.223 e. The van der Waals surface area contributed by atoms with Crippen molar-refractivity contribution in [3.63, 3.8) is 0 Å². The molecule has 6 atom stereocenters. The van der Waals surface area contributed by atoms with Gasteiger partial charge in [0, 0.05) is 18.0 Å². The largest absolute Gasteiger partial charge is 0.353 e. The normalized spacial score (nSPS) is 43.8. The van der Waals surface area contributed by atoms with Gasteiger partial charge in [-0.05, 0) is 56.3 Å². The molecular weight excluding hydrogens is 236 g/mol. The molecule has 0 bridgehead atoms. The maximum atomic E-state index is 12.4. The highest BCUT2D eigenvalue weighted by molar-refractivity contribution is 5.79. The number of carbonyl (C=O) groups is 1. The van der Waals surface area contributed by atoms with E-state index in [1.807, 2.05) is 0 Å². The van der Waals surface area contributed by atoms with E-state index in [9.17, 15) is 4.79 Å². The molecule has 0 aromatic rings. The molecule has 2 fully saturated rings. The molecule has 2 aliphatic carbocycles. The first kappa shape index (κ1) is 14.8. The van der Waals surface area contributed by atoms with Gasteiger partial charge in [-0.15, -0.1) is 0 Å². The summed E-state index contributed by atoms with van der Waals surface area (Å²) >= 11 is 0. The van der Waals surface area contributed by atoms with Crippen molar-refractivity contribution in [1.29, 1.82) is 0 Å². The van der Waals surface area contributed by atoms with Gasteiger partial charge >= 0.3 is 0 Å². The van der Waals surface area contributed by atoms with Gasteiger partial charge in [0.15, 0.2) is 0 Å². The van der Waals surface area contributed by atoms with Gasteiger partial charge in [-0.25, -0.2) is 0 Å². The highest BCUT2D eigenvalue weighted by Gasteiger charge is 2.32. The van der Waals surface area contributed by atoms with Gasteiger partial charge in [0.25, 0.3) is 0 Å². The number of hydrogen-bond donors (Lipinski definition) is 2. The van der Waals surface area contributed by atoms with Gasteiger partial charge in [-0.1, -0.05) is 20.8 Å². The van der Waals surface area contributed by atoms with Crippen LogP contribution in [0.1, 0.15) is 59.3 Å². The lowest BCUT2D eigenvalue weighted by Crippen LogP contribution is -2.47. The molecule has 1 amide bonds. The Morgan fingerprint density at radius 3 is 2.37 bits per heavy atom. The Balaban J connectivity index is 1.84. The molecule has 19 heavy (non-hydrogen) atoms. The lowest BCUT2D eigenvalue weighted by molar-refractivity contribution is -0.127. The predicted octanol–water partition coefficient (Wildman–Crippen LogP) is 2.69. The van der Waals surface area contributed by atoms with Crippen molar-refractivity contribution >= 4 is 5.91 Å². The Labute approximate surface area is 117 Å². The number of amides is 1. The van der Waals surface area contributed by atoms with Gasteiger partial charge in [-0.2, -0.15) is 0 Å². The molecule has 0 saturated heterocycles. The third-order valence-electron chi connectivity index (χ3n) is 5.37. The highest BCUT2D eigenvalue weighted by Crippen LogP contribution is 2.31. The maximum absolute atomic E-state index is 12.4. The molecule has 0 heterocycles. The van der Waals surface area contributed by atoms with E-state index in [4.69, 9.17) is 5.73 Å². The SMILES string of the molecule is CC1CCC(NC(=O)C2CCC(N)C(C)C2)C(C)C1. The first-order valence-electron chi connectivity index (χ1n) is 8.03. The Hall–Kier alpha value is -0.570. The van der Waals surface area contributed by atoms with Crippen LogP contribution in [0.2, 0.25) is 0 Å². The molecule has 0 aromatic carbocycles. The van der Waals surface area contributed by atoms with Crippen LogP contribution in [0.4, 0.5) is 0 Å². The fourth-order valence-electron chi connectivity index (χ4n) is 3.84. The molecule has 3 N–H and O–H groups in total. The van der Waals surface area contributed by atoms with Gasteiger partial charge in [0.05, 0.1) is 0 Å². The molecule has 0 aliphatic heterocycles. The van der Waals surface area contributed by atoms with Gasteiger partial charge in [0.2, 0.25) is 5.91 Å². The summed E-state index contributed by atoms with van der Waals surface area (Å²) < 4.78 is 0. The van der Waals surface area contributed by atoms with E-state index in [1.165, 1.54) is 12.8 Å². The minimum Gasteiger partial charge on any atom is -0.353 e. The highest BCUT2D eigenvalue weighted by atomic mass is 16.1. The Morgan fingerprint density at radius 1 is 1.00 bits per heavy atom. The van der Waals surface area contributed by atoms with E-state index < -0.39 is 0 Å². The Morgan fingerprint density at radius 2 is 1.74 bits per heavy atom. The summed E-state index contributed by atoms with van der Waals surface area (Å²) in [7, 11) is 0. The van der Waals surface area contributed by atoms with Crippen molar-refractivity contribution in [2.75, 3.05) is 0 Å². The van der Waals surface area contributed by atoms with E-state index in [0.717, 1.165) is 31.6 Å². The second kappa shape index (κ2) is 6.25. The molecule has 0 aromatic heterocycles. The average Bonchev–Trinajstić information content (AvgIpc) is 2.36. The Bertz CT molecular complexity index is 318. The third-order valence-corrected chi connectivity index (χ3v) is 5.37. The number of nitrogens with two attached hydrogens (primary N) is 1. The zero-order chi connectivity index (χ0) is 14.0. The lowest BCUT2D eigenvalue weighted by atomic mass is 9.77. The van der Waals surface area contributed by atoms with Crippen molar-refractivity contribution in [2.45, 2.75) is 71.4 Å². The van der Waals surface area contributed by atoms with Crippen LogP contribution < -0.4 is 11.1 Å². The van der Waals surface area contributed by atoms with Crippen molar-refractivity contribution < 1.29 is 4.79 Å². The lowest BCUT2D eigenvalue weighted by Gasteiger charge is -2.36. The first-order chi connectivity index (χ1) is 8.97. The van der Waals surface area contributed by atoms with Crippen molar-refractivity contribution in [3.05, 3.63) is 0 Å². The Kier molecular flexibility index (Phi) is 4.88. The monoisotopic (exact) mass is 266 g/mol. The minimum absolute atomic E-state index is 0.196. The average molecular weight is 266 g/mol. The van der Waals surface area contributed by atoms with E-state index in [0.29, 0.717) is 23.9 Å². The minimum atomic E-state index is 0.196. The van der Waals surface area contributed by atoms with Gasteiger partial charge in [-0.3, -0.25) is 4.79 Å². The summed E-state index contributed by atoms with van der Waals surface area (Å²) in [6.07, 6.45) is 6.57. The summed E-state index contributed by atoms with van der Waals surface area (Å²) in [5.41, 5.74) is 6.03. The van der Waals surface area contributed by atoms with Gasteiger partial charge in [0.1, 0.15) is 0 Å². The van der Waals surface area contributed by atoms with Crippen LogP contribution in [-0.2, 0) is 4.79 Å². The second-order valence-corrected chi connectivity index (χ2v) is 7.16. The first-order valence-corrected chi connectivity index (χ1v) is 8.03. The molecular formula is C16H30N2O. The van der Waals surface area contributed by atoms with E-state index in [-0.39, 0.29) is 11.8 Å². The van der Waals surface area contributed by atoms with Crippen LogP contribution in [0.15, 0.2) is 0 Å². The van der Waals surface area contributed by atoms with Crippen LogP contribution >= 0.6 is 0 Å². The molecule has 0 radical (unpaired) electrons. The fraction of sp³-hybridized carbons (Fsp3) is 0.938. The van der Waals surface area contributed by atoms with Crippen molar-refractivity contribution in [3.8, 4) is 0 Å². The zero-order valence-corrected chi connectivity index (χ0v) is 12.7. The van der Waals surface area contributed by atoms with Crippen LogP contribution in [0, 0.1) is 23.7 Å². The second-order valence-electron chi connectivity index (χ2n) is 7.16. The van der Waals surface area contributed by atoms with Crippen LogP contribution in [-0.4, -0.2) is 18.0 Å². The third kappa shape index (κ3) is 3.71. The maximum Gasteiger partial charge on any atom is 0.223 e. The molecule has 2 aliphatic rings. The van der Waals surface area contributed by atoms with Gasteiger partial charge < -0.3 is 11.1 Å². The van der Waals surface area contributed by atoms with E-state index in [1.54, 1.807) is 0 Å². The molecule has 2 saturated carbocycles. The molecule has 3 heteroatoms.